The van der Waals surface area contributed by atoms with Gasteiger partial charge in [0.2, 0.25) is 0 Å². The summed E-state index contributed by atoms with van der Waals surface area (Å²) in [4.78, 5) is 11.9. The molecule has 0 radical (unpaired) electrons. The molecule has 4 nitrogen and oxygen atoms in total. The molecule has 1 atom stereocenters. The van der Waals surface area contributed by atoms with E-state index in [0.717, 1.165) is 47.5 Å². The van der Waals surface area contributed by atoms with Crippen molar-refractivity contribution in [3.05, 3.63) is 59.2 Å². The van der Waals surface area contributed by atoms with E-state index in [9.17, 15) is 9.90 Å². The first-order chi connectivity index (χ1) is 12.5. The van der Waals surface area contributed by atoms with Gasteiger partial charge in [0, 0.05) is 0 Å². The minimum absolute atomic E-state index is 0.594. The van der Waals surface area contributed by atoms with Crippen molar-refractivity contribution in [2.24, 2.45) is 0 Å². The topological polar surface area (TPSA) is 55.8 Å². The Morgan fingerprint density at radius 1 is 1.26 bits per heavy atom. The number of carboxylic acids is 1. The normalized spacial score (nSPS) is 15.9. The molecule has 0 amide bonds. The van der Waals surface area contributed by atoms with Crippen molar-refractivity contribution >= 4 is 11.5 Å². The Kier molecular flexibility index (Phi) is 6.32. The maximum atomic E-state index is 11.9. The van der Waals surface area contributed by atoms with E-state index in [2.05, 4.69) is 19.2 Å². The van der Waals surface area contributed by atoms with E-state index in [-0.39, 0.29) is 0 Å². The van der Waals surface area contributed by atoms with Gasteiger partial charge in [-0.3, -0.25) is 0 Å². The van der Waals surface area contributed by atoms with Crippen LogP contribution in [0.2, 0.25) is 0 Å². The van der Waals surface area contributed by atoms with E-state index in [1.807, 2.05) is 39.8 Å². The van der Waals surface area contributed by atoms with Gasteiger partial charge in [0.25, 0.3) is 0 Å². The van der Waals surface area contributed by atoms with Crippen molar-refractivity contribution in [3.8, 4) is 5.75 Å². The number of carboxylic acid groups (broad SMARTS) is 1. The number of fused-ring (bicyclic) bond motifs is 1. The molecule has 1 heterocycles. The Bertz CT molecular complexity index is 793. The molecule has 0 aromatic heterocycles. The maximum Gasteiger partial charge on any atom is 0.337 e. The van der Waals surface area contributed by atoms with Crippen molar-refractivity contribution < 1.29 is 19.4 Å². The van der Waals surface area contributed by atoms with Gasteiger partial charge in [-0.1, -0.05) is 24.8 Å². The molecule has 1 N–H and O–H groups in total. The summed E-state index contributed by atoms with van der Waals surface area (Å²) in [6.07, 6.45) is 0.847. The highest BCUT2D eigenvalue weighted by Gasteiger charge is 2.29. The Labute approximate surface area is 162 Å². The van der Waals surface area contributed by atoms with Gasteiger partial charge in [0.15, 0.2) is 6.10 Å². The molecule has 2 rings (SSSR count). The van der Waals surface area contributed by atoms with Gasteiger partial charge in [0.05, 0.1) is 12.2 Å². The van der Waals surface area contributed by atoms with Gasteiger partial charge < -0.3 is 14.6 Å². The van der Waals surface area contributed by atoms with Crippen LogP contribution in [0.4, 0.5) is 0 Å². The first-order valence-corrected chi connectivity index (χ1v) is 9.24. The van der Waals surface area contributed by atoms with Crippen LogP contribution < -0.4 is 4.74 Å². The summed E-state index contributed by atoms with van der Waals surface area (Å²) in [6, 6.07) is 5.97. The Hall–Kier alpha value is -2.33. The van der Waals surface area contributed by atoms with Crippen LogP contribution in [0.1, 0.15) is 52.2 Å². The minimum Gasteiger partial charge on any atom is -0.493 e. The molecule has 0 saturated heterocycles. The molecule has 1 aromatic carbocycles. The molecule has 4 heteroatoms. The first kappa shape index (κ1) is 21.0. The van der Waals surface area contributed by atoms with E-state index >= 15 is 0 Å². The van der Waals surface area contributed by atoms with E-state index in [0.29, 0.717) is 11.1 Å². The molecule has 1 aliphatic heterocycles. The summed E-state index contributed by atoms with van der Waals surface area (Å²) < 4.78 is 11.6. The van der Waals surface area contributed by atoms with Crippen molar-refractivity contribution in [2.45, 2.75) is 59.2 Å². The van der Waals surface area contributed by atoms with Crippen LogP contribution in [0, 0.1) is 0 Å². The van der Waals surface area contributed by atoms with Gasteiger partial charge in [-0.15, -0.1) is 0 Å². The zero-order valence-corrected chi connectivity index (χ0v) is 17.0. The third-order valence-corrected chi connectivity index (χ3v) is 4.50. The lowest BCUT2D eigenvalue weighted by molar-refractivity contribution is -0.155. The molecular weight excluding hydrogens is 340 g/mol. The predicted molar refractivity (Wildman–Crippen MR) is 109 cm³/mol. The summed E-state index contributed by atoms with van der Waals surface area (Å²) >= 11 is 0. The van der Waals surface area contributed by atoms with Crippen LogP contribution in [0.15, 0.2) is 48.1 Å². The van der Waals surface area contributed by atoms with Crippen LogP contribution in [0.25, 0.3) is 5.57 Å². The lowest BCUT2D eigenvalue weighted by atomic mass is 9.87. The fraction of sp³-hybridized carbons (Fsp3) is 0.435. The van der Waals surface area contributed by atoms with Crippen molar-refractivity contribution in [1.29, 1.82) is 0 Å². The fourth-order valence-electron chi connectivity index (χ4n) is 3.18. The van der Waals surface area contributed by atoms with Gasteiger partial charge in [-0.05, 0) is 87.4 Å². The molecule has 0 saturated carbocycles. The number of rotatable bonds is 6. The molecule has 0 aliphatic carbocycles. The number of aliphatic carboxylic acids is 1. The summed E-state index contributed by atoms with van der Waals surface area (Å²) in [5.41, 5.74) is 4.33. The Morgan fingerprint density at radius 3 is 2.48 bits per heavy atom. The van der Waals surface area contributed by atoms with Gasteiger partial charge in [0.1, 0.15) is 5.75 Å². The number of allylic oxidation sites excluding steroid dienone is 3. The highest BCUT2D eigenvalue weighted by molar-refractivity contribution is 5.89. The van der Waals surface area contributed by atoms with Crippen molar-refractivity contribution in [2.75, 3.05) is 6.61 Å². The summed E-state index contributed by atoms with van der Waals surface area (Å²) in [7, 11) is 0. The van der Waals surface area contributed by atoms with Crippen LogP contribution in [-0.4, -0.2) is 29.4 Å². The molecule has 0 fully saturated rings. The average molecular weight is 370 g/mol. The number of hydrogen-bond donors (Lipinski definition) is 1. The molecule has 1 unspecified atom stereocenters. The quantitative estimate of drug-likeness (QED) is 0.701. The number of benzene rings is 1. The zero-order chi connectivity index (χ0) is 20.4. The lowest BCUT2D eigenvalue weighted by Gasteiger charge is -2.28. The molecule has 27 heavy (non-hydrogen) atoms. The van der Waals surface area contributed by atoms with E-state index in [4.69, 9.17) is 9.47 Å². The Balaban J connectivity index is 2.62. The molecule has 1 aromatic rings. The largest absolute Gasteiger partial charge is 0.493 e. The number of hydrogen-bond acceptors (Lipinski definition) is 3. The lowest BCUT2D eigenvalue weighted by Crippen LogP contribution is -2.34. The molecule has 146 valence electrons. The van der Waals surface area contributed by atoms with Crippen molar-refractivity contribution in [1.82, 2.24) is 0 Å². The summed E-state index contributed by atoms with van der Waals surface area (Å²) in [5.74, 6) is -0.126. The summed E-state index contributed by atoms with van der Waals surface area (Å²) in [5, 5.41) is 9.78. The predicted octanol–water partition coefficient (Wildman–Crippen LogP) is 5.19. The van der Waals surface area contributed by atoms with Crippen LogP contribution in [0.3, 0.4) is 0 Å². The molecule has 0 bridgehead atoms. The maximum absolute atomic E-state index is 11.9. The number of ether oxygens (including phenoxy) is 2. The van der Waals surface area contributed by atoms with Crippen LogP contribution in [-0.2, 0) is 16.0 Å². The van der Waals surface area contributed by atoms with E-state index < -0.39 is 17.7 Å². The average Bonchev–Trinajstić information content (AvgIpc) is 2.58. The third-order valence-electron chi connectivity index (χ3n) is 4.50. The van der Waals surface area contributed by atoms with Gasteiger partial charge in [-0.2, -0.15) is 0 Å². The Morgan fingerprint density at radius 2 is 1.93 bits per heavy atom. The molecular formula is C23H30O4. The zero-order valence-electron chi connectivity index (χ0n) is 17.0. The smallest absolute Gasteiger partial charge is 0.337 e. The van der Waals surface area contributed by atoms with Gasteiger partial charge in [-0.25, -0.2) is 4.79 Å². The number of carbonyl (C=O) groups is 1. The van der Waals surface area contributed by atoms with E-state index in [1.54, 1.807) is 6.92 Å². The standard InChI is InChI=1S/C23H30O4/c1-14(2)15(3)20(16(4)21(22(24)25)27-23(5,6)7)18-10-11-19-17(13-18)9-8-12-26-19/h10-11,13,21H,1,3,8-9,12H2,2,4-7H3,(H,24,25). The second kappa shape index (κ2) is 8.13. The van der Waals surface area contributed by atoms with Crippen molar-refractivity contribution in [3.63, 3.8) is 0 Å². The second-order valence-electron chi connectivity index (χ2n) is 8.04. The highest BCUT2D eigenvalue weighted by Crippen LogP contribution is 2.36. The van der Waals surface area contributed by atoms with Crippen LogP contribution in [0.5, 0.6) is 5.75 Å². The summed E-state index contributed by atoms with van der Waals surface area (Å²) in [6.45, 7) is 18.1. The molecule has 0 spiro atoms. The second-order valence-corrected chi connectivity index (χ2v) is 8.04. The van der Waals surface area contributed by atoms with E-state index in [1.165, 1.54) is 0 Å². The molecule has 1 aliphatic rings. The third kappa shape index (κ3) is 5.10. The first-order valence-electron chi connectivity index (χ1n) is 9.24. The van der Waals surface area contributed by atoms with Crippen LogP contribution >= 0.6 is 0 Å². The van der Waals surface area contributed by atoms with Gasteiger partial charge >= 0.3 is 5.97 Å². The highest BCUT2D eigenvalue weighted by atomic mass is 16.5. The monoisotopic (exact) mass is 370 g/mol. The minimum atomic E-state index is -1.07. The fourth-order valence-corrected chi connectivity index (χ4v) is 3.18. The SMILES string of the molecule is C=C(C)C(=C)C(=C(C)C(OC(C)(C)C)C(=O)O)c1ccc2c(c1)CCCO2. The number of aryl methyl sites for hydroxylation is 1.